The number of benzene rings is 1. The average Bonchev–Trinajstić information content (AvgIpc) is 2.83. The minimum atomic E-state index is -0.707. The van der Waals surface area contributed by atoms with Gasteiger partial charge in [-0.2, -0.15) is 0 Å². The fraction of sp³-hybridized carbons (Fsp3) is 0.471. The molecule has 1 aliphatic heterocycles. The number of piperidine rings is 1. The molecule has 0 aliphatic carbocycles. The van der Waals surface area contributed by atoms with Gasteiger partial charge in [0.15, 0.2) is 5.58 Å². The fourth-order valence-corrected chi connectivity index (χ4v) is 3.00. The number of imide groups is 1. The van der Waals surface area contributed by atoms with Crippen LogP contribution in [0.15, 0.2) is 27.4 Å². The molecule has 2 aromatic rings. The standard InChI is InChI=1S/C17H20N2O4/c1-4-17(2,3)10-6-5-7-11-14(10)23-16(22)19(11)12-8-9-13(20)18-15(12)21/h5-7,12H,4,8-9H2,1-3H3,(H,18,20,21)/t12-/m0/s1. The highest BCUT2D eigenvalue weighted by Gasteiger charge is 2.32. The Kier molecular flexibility index (Phi) is 3.62. The highest BCUT2D eigenvalue weighted by atomic mass is 16.4. The Labute approximate surface area is 133 Å². The third-order valence-electron chi connectivity index (χ3n) is 4.77. The third kappa shape index (κ3) is 2.48. The highest BCUT2D eigenvalue weighted by molar-refractivity contribution is 6.00. The van der Waals surface area contributed by atoms with Crippen LogP contribution in [0.4, 0.5) is 0 Å². The molecule has 1 saturated heterocycles. The second-order valence-corrected chi connectivity index (χ2v) is 6.60. The molecule has 0 radical (unpaired) electrons. The van der Waals surface area contributed by atoms with Crippen LogP contribution >= 0.6 is 0 Å². The van der Waals surface area contributed by atoms with Crippen LogP contribution in [0, 0.1) is 0 Å². The van der Waals surface area contributed by atoms with Crippen molar-refractivity contribution in [1.29, 1.82) is 0 Å². The first-order chi connectivity index (χ1) is 10.8. The number of aromatic nitrogens is 1. The maximum Gasteiger partial charge on any atom is 0.420 e. The van der Waals surface area contributed by atoms with Crippen LogP contribution in [-0.2, 0) is 15.0 Å². The van der Waals surface area contributed by atoms with Crippen LogP contribution in [0.3, 0.4) is 0 Å². The summed E-state index contributed by atoms with van der Waals surface area (Å²) >= 11 is 0. The van der Waals surface area contributed by atoms with Crippen LogP contribution in [0.2, 0.25) is 0 Å². The first-order valence-electron chi connectivity index (χ1n) is 7.83. The van der Waals surface area contributed by atoms with Gasteiger partial charge in [0.2, 0.25) is 11.8 Å². The molecule has 1 aromatic heterocycles. The Hall–Kier alpha value is -2.37. The Balaban J connectivity index is 2.19. The first-order valence-corrected chi connectivity index (χ1v) is 7.83. The molecule has 122 valence electrons. The molecule has 0 bridgehead atoms. The number of oxazole rings is 1. The predicted octanol–water partition coefficient (Wildman–Crippen LogP) is 2.26. The smallest absolute Gasteiger partial charge is 0.407 e. The zero-order valence-electron chi connectivity index (χ0n) is 13.5. The summed E-state index contributed by atoms with van der Waals surface area (Å²) in [5.74, 6) is -1.32. The lowest BCUT2D eigenvalue weighted by Gasteiger charge is -2.24. The second-order valence-electron chi connectivity index (χ2n) is 6.60. The Morgan fingerprint density at radius 2 is 2.04 bits per heavy atom. The van der Waals surface area contributed by atoms with E-state index < -0.39 is 17.7 Å². The third-order valence-corrected chi connectivity index (χ3v) is 4.77. The summed E-state index contributed by atoms with van der Waals surface area (Å²) in [4.78, 5) is 35.8. The monoisotopic (exact) mass is 316 g/mol. The normalized spacial score (nSPS) is 19.2. The molecule has 1 atom stereocenters. The van der Waals surface area contributed by atoms with Crippen LogP contribution < -0.4 is 11.1 Å². The van der Waals surface area contributed by atoms with Crippen molar-refractivity contribution in [2.45, 2.75) is 51.5 Å². The van der Waals surface area contributed by atoms with Gasteiger partial charge in [-0.15, -0.1) is 0 Å². The van der Waals surface area contributed by atoms with Gasteiger partial charge >= 0.3 is 5.76 Å². The second kappa shape index (κ2) is 5.37. The van der Waals surface area contributed by atoms with Crippen molar-refractivity contribution in [1.82, 2.24) is 9.88 Å². The molecule has 1 aliphatic rings. The van der Waals surface area contributed by atoms with Gasteiger partial charge in [0.05, 0.1) is 5.52 Å². The van der Waals surface area contributed by atoms with E-state index in [9.17, 15) is 14.4 Å². The largest absolute Gasteiger partial charge is 0.420 e. The van der Waals surface area contributed by atoms with E-state index in [0.29, 0.717) is 17.5 Å². The van der Waals surface area contributed by atoms with E-state index >= 15 is 0 Å². The van der Waals surface area contributed by atoms with Crippen LogP contribution in [0.1, 0.15) is 51.6 Å². The first kappa shape index (κ1) is 15.5. The van der Waals surface area contributed by atoms with E-state index in [1.165, 1.54) is 4.57 Å². The topological polar surface area (TPSA) is 81.3 Å². The molecule has 0 spiro atoms. The maximum absolute atomic E-state index is 12.4. The van der Waals surface area contributed by atoms with E-state index in [2.05, 4.69) is 26.1 Å². The molecule has 3 rings (SSSR count). The lowest BCUT2D eigenvalue weighted by molar-refractivity contribution is -0.135. The van der Waals surface area contributed by atoms with Crippen molar-refractivity contribution >= 4 is 22.9 Å². The van der Waals surface area contributed by atoms with Crippen molar-refractivity contribution < 1.29 is 14.0 Å². The number of nitrogens with zero attached hydrogens (tertiary/aromatic N) is 1. The summed E-state index contributed by atoms with van der Waals surface area (Å²) < 4.78 is 6.86. The molecule has 6 nitrogen and oxygen atoms in total. The Morgan fingerprint density at radius 1 is 1.30 bits per heavy atom. The lowest BCUT2D eigenvalue weighted by Crippen LogP contribution is -2.43. The van der Waals surface area contributed by atoms with Crippen LogP contribution in [-0.4, -0.2) is 16.4 Å². The Morgan fingerprint density at radius 3 is 2.70 bits per heavy atom. The minimum Gasteiger partial charge on any atom is -0.407 e. The molecule has 2 amide bonds. The molecule has 2 heterocycles. The van der Waals surface area contributed by atoms with Crippen molar-refractivity contribution in [3.63, 3.8) is 0 Å². The predicted molar refractivity (Wildman–Crippen MR) is 85.2 cm³/mol. The van der Waals surface area contributed by atoms with Crippen molar-refractivity contribution in [3.05, 3.63) is 34.3 Å². The molecule has 1 aromatic carbocycles. The molecular formula is C17H20N2O4. The van der Waals surface area contributed by atoms with Crippen LogP contribution in [0.25, 0.3) is 11.1 Å². The van der Waals surface area contributed by atoms with E-state index in [0.717, 1.165) is 12.0 Å². The summed E-state index contributed by atoms with van der Waals surface area (Å²) in [6, 6.07) is 4.89. The number of fused-ring (bicyclic) bond motifs is 1. The molecule has 6 heteroatoms. The summed E-state index contributed by atoms with van der Waals surface area (Å²) in [5, 5.41) is 2.29. The maximum atomic E-state index is 12.4. The van der Waals surface area contributed by atoms with Crippen molar-refractivity contribution in [2.24, 2.45) is 0 Å². The number of nitrogens with one attached hydrogen (secondary N) is 1. The number of rotatable bonds is 3. The summed E-state index contributed by atoms with van der Waals surface area (Å²) in [6.07, 6.45) is 1.41. The molecule has 0 unspecified atom stereocenters. The van der Waals surface area contributed by atoms with E-state index in [-0.39, 0.29) is 17.7 Å². The molecule has 1 N–H and O–H groups in total. The number of carbonyl (C=O) groups is 2. The summed E-state index contributed by atoms with van der Waals surface area (Å²) in [7, 11) is 0. The number of hydrogen-bond acceptors (Lipinski definition) is 4. The number of carbonyl (C=O) groups excluding carboxylic acids is 2. The van der Waals surface area contributed by atoms with Gasteiger partial charge in [-0.05, 0) is 24.3 Å². The zero-order chi connectivity index (χ0) is 16.8. The molecule has 23 heavy (non-hydrogen) atoms. The number of hydrogen-bond donors (Lipinski definition) is 1. The van der Waals surface area contributed by atoms with Gasteiger partial charge in [-0.1, -0.05) is 32.9 Å². The van der Waals surface area contributed by atoms with Crippen molar-refractivity contribution in [3.8, 4) is 0 Å². The fourth-order valence-electron chi connectivity index (χ4n) is 3.00. The average molecular weight is 316 g/mol. The summed E-state index contributed by atoms with van der Waals surface area (Å²) in [5.41, 5.74) is 1.92. The number of para-hydroxylation sites is 1. The van der Waals surface area contributed by atoms with Crippen molar-refractivity contribution in [2.75, 3.05) is 0 Å². The highest BCUT2D eigenvalue weighted by Crippen LogP contribution is 2.33. The van der Waals surface area contributed by atoms with Gasteiger partial charge in [0.1, 0.15) is 6.04 Å². The van der Waals surface area contributed by atoms with Gasteiger partial charge in [-0.3, -0.25) is 19.5 Å². The van der Waals surface area contributed by atoms with E-state index in [1.54, 1.807) is 6.07 Å². The van der Waals surface area contributed by atoms with Gasteiger partial charge < -0.3 is 4.42 Å². The van der Waals surface area contributed by atoms with Gasteiger partial charge in [0.25, 0.3) is 0 Å². The van der Waals surface area contributed by atoms with E-state index in [1.807, 2.05) is 12.1 Å². The van der Waals surface area contributed by atoms with Crippen LogP contribution in [0.5, 0.6) is 0 Å². The van der Waals surface area contributed by atoms with Gasteiger partial charge in [-0.25, -0.2) is 4.79 Å². The van der Waals surface area contributed by atoms with Gasteiger partial charge in [0, 0.05) is 12.0 Å². The lowest BCUT2D eigenvalue weighted by atomic mass is 9.82. The quantitative estimate of drug-likeness (QED) is 0.881. The Bertz CT molecular complexity index is 844. The zero-order valence-corrected chi connectivity index (χ0v) is 13.5. The summed E-state index contributed by atoms with van der Waals surface area (Å²) in [6.45, 7) is 6.25. The number of amides is 2. The molecule has 1 fully saturated rings. The minimum absolute atomic E-state index is 0.146. The molecular weight excluding hydrogens is 296 g/mol. The van der Waals surface area contributed by atoms with E-state index in [4.69, 9.17) is 4.42 Å². The SMILES string of the molecule is CCC(C)(C)c1cccc2c1oc(=O)n2[C@H]1CCC(=O)NC1=O. The molecule has 0 saturated carbocycles.